The highest BCUT2D eigenvalue weighted by Crippen LogP contribution is 2.20. The molecule has 1 aromatic carbocycles. The van der Waals surface area contributed by atoms with Crippen LogP contribution in [0.4, 0.5) is 5.69 Å². The quantitative estimate of drug-likeness (QED) is 0.864. The second-order valence-electron chi connectivity index (χ2n) is 5.71. The van der Waals surface area contributed by atoms with E-state index < -0.39 is 5.97 Å². The van der Waals surface area contributed by atoms with E-state index in [4.69, 9.17) is 9.84 Å². The number of ether oxygens (including phenoxy) is 1. The van der Waals surface area contributed by atoms with Crippen molar-refractivity contribution < 1.29 is 19.4 Å². The first-order valence-corrected chi connectivity index (χ1v) is 7.75. The highest BCUT2D eigenvalue weighted by molar-refractivity contribution is 5.91. The molecule has 3 rings (SSSR count). The molecule has 2 heterocycles. The molecule has 8 nitrogen and oxygen atoms in total. The second-order valence-corrected chi connectivity index (χ2v) is 5.71. The molecule has 1 aromatic heterocycles. The van der Waals surface area contributed by atoms with E-state index in [1.54, 1.807) is 24.3 Å². The maximum absolute atomic E-state index is 12.2. The van der Waals surface area contributed by atoms with Gasteiger partial charge in [-0.25, -0.2) is 9.48 Å². The zero-order chi connectivity index (χ0) is 16.9. The van der Waals surface area contributed by atoms with Crippen molar-refractivity contribution in [2.75, 3.05) is 18.5 Å². The highest BCUT2D eigenvalue weighted by atomic mass is 16.5. The molecule has 0 saturated carbocycles. The van der Waals surface area contributed by atoms with Crippen molar-refractivity contribution in [1.82, 2.24) is 15.0 Å². The molecular formula is C16H18N4O4. The Kier molecular flexibility index (Phi) is 4.85. The lowest BCUT2D eigenvalue weighted by atomic mass is 9.96. The van der Waals surface area contributed by atoms with Gasteiger partial charge in [0.05, 0.1) is 11.9 Å². The summed E-state index contributed by atoms with van der Waals surface area (Å²) in [6, 6.07) is 7.03. The van der Waals surface area contributed by atoms with Crippen molar-refractivity contribution in [2.45, 2.75) is 19.3 Å². The van der Waals surface area contributed by atoms with E-state index in [1.807, 2.05) is 0 Å². The predicted molar refractivity (Wildman–Crippen MR) is 85.1 cm³/mol. The van der Waals surface area contributed by atoms with Gasteiger partial charge in [0, 0.05) is 25.3 Å². The Morgan fingerprint density at radius 2 is 2.12 bits per heavy atom. The first-order valence-electron chi connectivity index (χ1n) is 7.75. The fraction of sp³-hybridized carbons (Fsp3) is 0.375. The Bertz CT molecular complexity index is 737. The van der Waals surface area contributed by atoms with Gasteiger partial charge in [-0.1, -0.05) is 11.3 Å². The first kappa shape index (κ1) is 16.1. The minimum atomic E-state index is -1.14. The molecule has 1 amide bonds. The number of hydrogen-bond acceptors (Lipinski definition) is 5. The zero-order valence-electron chi connectivity index (χ0n) is 13.0. The van der Waals surface area contributed by atoms with Gasteiger partial charge in [-0.2, -0.15) is 0 Å². The molecule has 0 spiro atoms. The van der Waals surface area contributed by atoms with E-state index in [0.29, 0.717) is 36.9 Å². The number of anilines is 1. The number of aromatic carboxylic acids is 1. The van der Waals surface area contributed by atoms with Crippen LogP contribution >= 0.6 is 0 Å². The zero-order valence-corrected chi connectivity index (χ0v) is 13.0. The molecule has 2 N–H and O–H groups in total. The fourth-order valence-corrected chi connectivity index (χ4v) is 2.64. The van der Waals surface area contributed by atoms with Gasteiger partial charge in [-0.05, 0) is 37.0 Å². The van der Waals surface area contributed by atoms with Crippen LogP contribution in [0.25, 0.3) is 5.69 Å². The topological polar surface area (TPSA) is 106 Å². The first-order chi connectivity index (χ1) is 11.6. The lowest BCUT2D eigenvalue weighted by Crippen LogP contribution is -2.22. The predicted octanol–water partition coefficient (Wildman–Crippen LogP) is 1.72. The maximum Gasteiger partial charge on any atom is 0.358 e. The molecule has 0 aliphatic carbocycles. The molecule has 2 aromatic rings. The fourth-order valence-electron chi connectivity index (χ4n) is 2.64. The summed E-state index contributed by atoms with van der Waals surface area (Å²) in [7, 11) is 0. The monoisotopic (exact) mass is 330 g/mol. The Balaban J connectivity index is 1.66. The third-order valence-corrected chi connectivity index (χ3v) is 3.92. The molecule has 24 heavy (non-hydrogen) atoms. The lowest BCUT2D eigenvalue weighted by molar-refractivity contribution is -0.117. The molecular weight excluding hydrogens is 312 g/mol. The SMILES string of the molecule is O=C(CC1CCOCC1)Nc1cccc(-n2cc(C(=O)O)nn2)c1. The molecule has 1 fully saturated rings. The van der Waals surface area contributed by atoms with E-state index in [-0.39, 0.29) is 11.6 Å². The number of amides is 1. The summed E-state index contributed by atoms with van der Waals surface area (Å²) in [6.45, 7) is 1.43. The Hall–Kier alpha value is -2.74. The smallest absolute Gasteiger partial charge is 0.358 e. The number of carboxylic acids is 1. The summed E-state index contributed by atoms with van der Waals surface area (Å²) < 4.78 is 6.65. The van der Waals surface area contributed by atoms with Gasteiger partial charge in [0.25, 0.3) is 0 Å². The van der Waals surface area contributed by atoms with E-state index >= 15 is 0 Å². The highest BCUT2D eigenvalue weighted by Gasteiger charge is 2.17. The standard InChI is InChI=1S/C16H18N4O4/c21-15(8-11-4-6-24-7-5-11)17-12-2-1-3-13(9-12)20-10-14(16(22)23)18-19-20/h1-3,9-11H,4-8H2,(H,17,21)(H,22,23). The summed E-state index contributed by atoms with van der Waals surface area (Å²) >= 11 is 0. The largest absolute Gasteiger partial charge is 0.476 e. The molecule has 1 aliphatic rings. The molecule has 126 valence electrons. The van der Waals surface area contributed by atoms with Crippen LogP contribution in [0.2, 0.25) is 0 Å². The third kappa shape index (κ3) is 3.96. The van der Waals surface area contributed by atoms with Crippen LogP contribution in [0.3, 0.4) is 0 Å². The second kappa shape index (κ2) is 7.22. The normalized spacial score (nSPS) is 15.2. The minimum Gasteiger partial charge on any atom is -0.476 e. The summed E-state index contributed by atoms with van der Waals surface area (Å²) in [5, 5.41) is 19.1. The van der Waals surface area contributed by atoms with Crippen molar-refractivity contribution in [1.29, 1.82) is 0 Å². The van der Waals surface area contributed by atoms with Crippen LogP contribution in [0, 0.1) is 5.92 Å². The average Bonchev–Trinajstić information content (AvgIpc) is 3.06. The van der Waals surface area contributed by atoms with Gasteiger partial charge in [-0.15, -0.1) is 5.10 Å². The lowest BCUT2D eigenvalue weighted by Gasteiger charge is -2.21. The van der Waals surface area contributed by atoms with Gasteiger partial charge in [-0.3, -0.25) is 4.79 Å². The van der Waals surface area contributed by atoms with E-state index in [2.05, 4.69) is 15.6 Å². The van der Waals surface area contributed by atoms with Crippen LogP contribution in [-0.2, 0) is 9.53 Å². The number of hydrogen-bond donors (Lipinski definition) is 2. The van der Waals surface area contributed by atoms with Gasteiger partial charge < -0.3 is 15.2 Å². The number of nitrogens with zero attached hydrogens (tertiary/aromatic N) is 3. The number of carbonyl (C=O) groups is 2. The van der Waals surface area contributed by atoms with Gasteiger partial charge >= 0.3 is 5.97 Å². The number of aromatic nitrogens is 3. The maximum atomic E-state index is 12.2. The van der Waals surface area contributed by atoms with E-state index in [0.717, 1.165) is 12.8 Å². The third-order valence-electron chi connectivity index (χ3n) is 3.92. The van der Waals surface area contributed by atoms with Crippen LogP contribution in [0.1, 0.15) is 29.8 Å². The van der Waals surface area contributed by atoms with Gasteiger partial charge in [0.1, 0.15) is 0 Å². The Morgan fingerprint density at radius 1 is 1.33 bits per heavy atom. The van der Waals surface area contributed by atoms with Crippen molar-refractivity contribution >= 4 is 17.6 Å². The molecule has 0 bridgehead atoms. The number of nitrogens with one attached hydrogen (secondary N) is 1. The number of carbonyl (C=O) groups excluding carboxylic acids is 1. The molecule has 0 unspecified atom stereocenters. The molecule has 0 radical (unpaired) electrons. The van der Waals surface area contributed by atoms with Gasteiger partial charge in [0.2, 0.25) is 5.91 Å². The summed E-state index contributed by atoms with van der Waals surface area (Å²) in [5.74, 6) is -0.818. The van der Waals surface area contributed by atoms with Crippen molar-refractivity contribution in [3.05, 3.63) is 36.2 Å². The van der Waals surface area contributed by atoms with Crippen molar-refractivity contribution in [3.63, 3.8) is 0 Å². The summed E-state index contributed by atoms with van der Waals surface area (Å²) in [5.41, 5.74) is 1.12. The Labute approximate surface area is 138 Å². The molecule has 1 saturated heterocycles. The number of rotatable bonds is 5. The van der Waals surface area contributed by atoms with E-state index in [1.165, 1.54) is 10.9 Å². The van der Waals surface area contributed by atoms with Crippen LogP contribution in [0.15, 0.2) is 30.5 Å². The number of benzene rings is 1. The summed E-state index contributed by atoms with van der Waals surface area (Å²) in [4.78, 5) is 23.0. The van der Waals surface area contributed by atoms with E-state index in [9.17, 15) is 9.59 Å². The van der Waals surface area contributed by atoms with Crippen molar-refractivity contribution in [2.24, 2.45) is 5.92 Å². The van der Waals surface area contributed by atoms with Crippen molar-refractivity contribution in [3.8, 4) is 5.69 Å². The van der Waals surface area contributed by atoms with Crippen LogP contribution in [0.5, 0.6) is 0 Å². The molecule has 1 aliphatic heterocycles. The van der Waals surface area contributed by atoms with Gasteiger partial charge in [0.15, 0.2) is 5.69 Å². The molecule has 8 heteroatoms. The minimum absolute atomic E-state index is 0.0381. The summed E-state index contributed by atoms with van der Waals surface area (Å²) in [6.07, 6.45) is 3.61. The number of carboxylic acid groups (broad SMARTS) is 1. The Morgan fingerprint density at radius 3 is 2.83 bits per heavy atom. The van der Waals surface area contributed by atoms with Crippen LogP contribution in [-0.4, -0.2) is 45.2 Å². The molecule has 0 atom stereocenters. The average molecular weight is 330 g/mol. The van der Waals surface area contributed by atoms with Crippen LogP contribution < -0.4 is 5.32 Å².